The number of fused-ring (bicyclic) bond motifs is 1. The van der Waals surface area contributed by atoms with E-state index in [1.807, 2.05) is 18.4 Å². The normalized spacial score (nSPS) is 18.8. The zero-order valence-electron chi connectivity index (χ0n) is 16.6. The quantitative estimate of drug-likeness (QED) is 0.749. The Labute approximate surface area is 178 Å². The van der Waals surface area contributed by atoms with E-state index < -0.39 is 0 Å². The maximum atomic E-state index is 12.3. The van der Waals surface area contributed by atoms with E-state index >= 15 is 0 Å². The molecule has 0 unspecified atom stereocenters. The van der Waals surface area contributed by atoms with Crippen LogP contribution in [0.2, 0.25) is 0 Å². The SMILES string of the molecule is Cc1nc(C2=C(C#N)c3c(N4CCN(C(=O)OC5COC5)CC4)ccnc3C2)cs1. The van der Waals surface area contributed by atoms with E-state index in [0.717, 1.165) is 33.2 Å². The number of aromatic nitrogens is 2. The highest BCUT2D eigenvalue weighted by molar-refractivity contribution is 7.09. The molecule has 2 aliphatic heterocycles. The molecule has 154 valence electrons. The number of hydrogen-bond acceptors (Lipinski definition) is 8. The predicted molar refractivity (Wildman–Crippen MR) is 112 cm³/mol. The second-order valence-corrected chi connectivity index (χ2v) is 8.63. The first kappa shape index (κ1) is 19.0. The molecule has 0 saturated carbocycles. The van der Waals surface area contributed by atoms with Gasteiger partial charge in [-0.15, -0.1) is 11.3 Å². The lowest BCUT2D eigenvalue weighted by Crippen LogP contribution is -2.51. The molecule has 3 aliphatic rings. The monoisotopic (exact) mass is 423 g/mol. The lowest BCUT2D eigenvalue weighted by molar-refractivity contribution is -0.104. The van der Waals surface area contributed by atoms with Crippen LogP contribution in [0.15, 0.2) is 17.6 Å². The third-order valence-corrected chi connectivity index (χ3v) is 6.47. The van der Waals surface area contributed by atoms with Crippen LogP contribution in [0.3, 0.4) is 0 Å². The van der Waals surface area contributed by atoms with Gasteiger partial charge >= 0.3 is 6.09 Å². The summed E-state index contributed by atoms with van der Waals surface area (Å²) in [7, 11) is 0. The van der Waals surface area contributed by atoms with Crippen molar-refractivity contribution in [2.75, 3.05) is 44.3 Å². The number of allylic oxidation sites excluding steroid dienone is 2. The van der Waals surface area contributed by atoms with Crippen LogP contribution in [0, 0.1) is 18.3 Å². The number of ether oxygens (including phenoxy) is 2. The summed E-state index contributed by atoms with van der Waals surface area (Å²) >= 11 is 1.58. The molecule has 30 heavy (non-hydrogen) atoms. The van der Waals surface area contributed by atoms with Crippen molar-refractivity contribution in [1.82, 2.24) is 14.9 Å². The van der Waals surface area contributed by atoms with Crippen LogP contribution in [0.1, 0.15) is 22.0 Å². The number of piperazine rings is 1. The molecule has 2 aromatic heterocycles. The summed E-state index contributed by atoms with van der Waals surface area (Å²) in [6, 6.07) is 4.36. The zero-order chi connectivity index (χ0) is 20.7. The topological polar surface area (TPSA) is 91.6 Å². The van der Waals surface area contributed by atoms with Gasteiger partial charge in [0.2, 0.25) is 0 Å². The summed E-state index contributed by atoms with van der Waals surface area (Å²) in [6.45, 7) is 5.45. The van der Waals surface area contributed by atoms with Crippen molar-refractivity contribution in [3.05, 3.63) is 39.6 Å². The Hall–Kier alpha value is -2.96. The van der Waals surface area contributed by atoms with Gasteiger partial charge in [-0.05, 0) is 13.0 Å². The lowest BCUT2D eigenvalue weighted by Gasteiger charge is -2.37. The highest BCUT2D eigenvalue weighted by Gasteiger charge is 2.32. The average molecular weight is 423 g/mol. The van der Waals surface area contributed by atoms with Gasteiger partial charge in [0.25, 0.3) is 0 Å². The molecule has 8 nitrogen and oxygen atoms in total. The van der Waals surface area contributed by atoms with Crippen molar-refractivity contribution < 1.29 is 14.3 Å². The van der Waals surface area contributed by atoms with Crippen LogP contribution in [0.25, 0.3) is 11.1 Å². The fourth-order valence-corrected chi connectivity index (χ4v) is 4.67. The average Bonchev–Trinajstić information content (AvgIpc) is 3.33. The molecule has 0 bridgehead atoms. The third kappa shape index (κ3) is 3.32. The Bertz CT molecular complexity index is 1060. The lowest BCUT2D eigenvalue weighted by atomic mass is 10.0. The molecule has 0 radical (unpaired) electrons. The first-order valence-electron chi connectivity index (χ1n) is 9.96. The molecule has 0 spiro atoms. The number of nitriles is 1. The van der Waals surface area contributed by atoms with E-state index in [4.69, 9.17) is 9.47 Å². The number of carbonyl (C=O) groups excluding carboxylic acids is 1. The van der Waals surface area contributed by atoms with Crippen molar-refractivity contribution in [2.45, 2.75) is 19.4 Å². The number of amides is 1. The Kier molecular flexibility index (Phi) is 4.89. The van der Waals surface area contributed by atoms with Crippen LogP contribution in [0.5, 0.6) is 0 Å². The second kappa shape index (κ2) is 7.70. The van der Waals surface area contributed by atoms with E-state index in [0.29, 0.717) is 51.4 Å². The number of aryl methyl sites for hydroxylation is 1. The molecular weight excluding hydrogens is 402 g/mol. The van der Waals surface area contributed by atoms with Crippen LogP contribution in [0.4, 0.5) is 10.5 Å². The first-order valence-corrected chi connectivity index (χ1v) is 10.8. The summed E-state index contributed by atoms with van der Waals surface area (Å²) in [6.07, 6.45) is 2.03. The highest BCUT2D eigenvalue weighted by atomic mass is 32.1. The molecule has 1 aliphatic carbocycles. The van der Waals surface area contributed by atoms with Crippen molar-refractivity contribution in [3.63, 3.8) is 0 Å². The van der Waals surface area contributed by atoms with E-state index in [1.165, 1.54) is 0 Å². The molecule has 2 aromatic rings. The number of thiazole rings is 1. The van der Waals surface area contributed by atoms with Gasteiger partial charge < -0.3 is 19.3 Å². The largest absolute Gasteiger partial charge is 0.441 e. The minimum absolute atomic E-state index is 0.116. The minimum Gasteiger partial charge on any atom is -0.441 e. The molecule has 1 amide bonds. The predicted octanol–water partition coefficient (Wildman–Crippen LogP) is 2.49. The fourth-order valence-electron chi connectivity index (χ4n) is 4.04. The fraction of sp³-hybridized carbons (Fsp3) is 0.429. The Morgan fingerprint density at radius 2 is 2.13 bits per heavy atom. The third-order valence-electron chi connectivity index (χ3n) is 5.70. The highest BCUT2D eigenvalue weighted by Crippen LogP contribution is 2.42. The Morgan fingerprint density at radius 1 is 1.33 bits per heavy atom. The smallest absolute Gasteiger partial charge is 0.410 e. The summed E-state index contributed by atoms with van der Waals surface area (Å²) in [5, 5.41) is 12.9. The van der Waals surface area contributed by atoms with Crippen LogP contribution in [-0.4, -0.2) is 66.5 Å². The second-order valence-electron chi connectivity index (χ2n) is 7.56. The number of anilines is 1. The molecule has 2 fully saturated rings. The maximum absolute atomic E-state index is 12.3. The van der Waals surface area contributed by atoms with Gasteiger partial charge in [-0.3, -0.25) is 4.98 Å². The number of hydrogen-bond donors (Lipinski definition) is 0. The Morgan fingerprint density at radius 3 is 2.77 bits per heavy atom. The number of carbonyl (C=O) groups is 1. The van der Waals surface area contributed by atoms with Gasteiger partial charge in [0.15, 0.2) is 6.10 Å². The summed E-state index contributed by atoms with van der Waals surface area (Å²) < 4.78 is 10.5. The standard InChI is InChI=1S/C21H21N5O3S/c1-13-24-18(12-30-13)15-8-17-20(16(15)9-22)19(2-3-23-17)25-4-6-26(7-5-25)21(27)29-14-10-28-11-14/h2-3,12,14H,4-8,10-11H2,1H3. The molecule has 2 saturated heterocycles. The van der Waals surface area contributed by atoms with Crippen LogP contribution >= 0.6 is 11.3 Å². The molecule has 9 heteroatoms. The zero-order valence-corrected chi connectivity index (χ0v) is 17.4. The molecule has 5 rings (SSSR count). The van der Waals surface area contributed by atoms with Gasteiger partial charge in [-0.2, -0.15) is 5.26 Å². The Balaban J connectivity index is 1.36. The van der Waals surface area contributed by atoms with Gasteiger partial charge in [0.1, 0.15) is 6.07 Å². The maximum Gasteiger partial charge on any atom is 0.410 e. The van der Waals surface area contributed by atoms with Crippen LogP contribution in [-0.2, 0) is 15.9 Å². The van der Waals surface area contributed by atoms with Crippen molar-refractivity contribution >= 4 is 34.3 Å². The van der Waals surface area contributed by atoms with Crippen molar-refractivity contribution in [1.29, 1.82) is 5.26 Å². The number of pyridine rings is 1. The molecular formula is C21H21N5O3S. The molecule has 0 atom stereocenters. The van der Waals surface area contributed by atoms with Gasteiger partial charge in [0, 0.05) is 61.0 Å². The number of rotatable bonds is 3. The van der Waals surface area contributed by atoms with E-state index in [1.54, 1.807) is 22.4 Å². The van der Waals surface area contributed by atoms with Gasteiger partial charge in [0.05, 0.1) is 35.2 Å². The molecule has 0 N–H and O–H groups in total. The number of nitrogens with zero attached hydrogens (tertiary/aromatic N) is 5. The van der Waals surface area contributed by atoms with E-state index in [-0.39, 0.29) is 12.2 Å². The van der Waals surface area contributed by atoms with E-state index in [9.17, 15) is 10.1 Å². The van der Waals surface area contributed by atoms with Crippen molar-refractivity contribution in [3.8, 4) is 6.07 Å². The van der Waals surface area contributed by atoms with E-state index in [2.05, 4.69) is 20.9 Å². The summed E-state index contributed by atoms with van der Waals surface area (Å²) in [4.78, 5) is 25.4. The van der Waals surface area contributed by atoms with Crippen molar-refractivity contribution in [2.24, 2.45) is 0 Å². The summed E-state index contributed by atoms with van der Waals surface area (Å²) in [5.74, 6) is 0. The molecule has 4 heterocycles. The van der Waals surface area contributed by atoms with Gasteiger partial charge in [-0.1, -0.05) is 0 Å². The first-order chi connectivity index (χ1) is 14.6. The van der Waals surface area contributed by atoms with Gasteiger partial charge in [-0.25, -0.2) is 9.78 Å². The summed E-state index contributed by atoms with van der Waals surface area (Å²) in [5.41, 5.74) is 5.29. The minimum atomic E-state index is -0.276. The van der Waals surface area contributed by atoms with Crippen LogP contribution < -0.4 is 4.90 Å². The molecule has 0 aromatic carbocycles.